The minimum Gasteiger partial charge on any atom is -0.314 e. The molecular weight excluding hydrogens is 184 g/mol. The van der Waals surface area contributed by atoms with Crippen LogP contribution >= 0.6 is 0 Å². The third-order valence-corrected chi connectivity index (χ3v) is 3.32. The number of nitrogens with one attached hydrogen (secondary N) is 1. The molecule has 0 radical (unpaired) electrons. The minimum atomic E-state index is 0.717. The maximum Gasteiger partial charge on any atom is 0.0302 e. The van der Waals surface area contributed by atoms with E-state index < -0.39 is 0 Å². The molecule has 2 heteroatoms. The summed E-state index contributed by atoms with van der Waals surface area (Å²) in [6.07, 6.45) is 9.17. The molecule has 1 N–H and O–H groups in total. The number of nitrogens with zero attached hydrogens (tertiary/aromatic N) is 1. The van der Waals surface area contributed by atoms with Crippen molar-refractivity contribution in [3.63, 3.8) is 0 Å². The Morgan fingerprint density at radius 1 is 1.47 bits per heavy atom. The van der Waals surface area contributed by atoms with Crippen molar-refractivity contribution in [3.05, 3.63) is 30.1 Å². The van der Waals surface area contributed by atoms with Crippen LogP contribution in [0.4, 0.5) is 0 Å². The normalized spacial score (nSPS) is 26.5. The van der Waals surface area contributed by atoms with Crippen LogP contribution in [0.15, 0.2) is 24.5 Å². The summed E-state index contributed by atoms with van der Waals surface area (Å²) in [4.78, 5) is 4.21. The highest BCUT2D eigenvalue weighted by atomic mass is 14.9. The molecule has 1 aromatic heterocycles. The van der Waals surface area contributed by atoms with Crippen molar-refractivity contribution in [3.8, 4) is 0 Å². The lowest BCUT2D eigenvalue weighted by Crippen LogP contribution is -2.33. The molecule has 1 aliphatic carbocycles. The molecular formula is C13H20N2. The van der Waals surface area contributed by atoms with Crippen LogP contribution in [-0.2, 0) is 0 Å². The summed E-state index contributed by atoms with van der Waals surface area (Å²) in [5.41, 5.74) is 1.42. The summed E-state index contributed by atoms with van der Waals surface area (Å²) in [6.45, 7) is 3.28. The Balaban J connectivity index is 1.98. The second-order valence-corrected chi connectivity index (χ2v) is 4.40. The van der Waals surface area contributed by atoms with E-state index in [0.29, 0.717) is 6.04 Å². The van der Waals surface area contributed by atoms with Crippen LogP contribution in [0.1, 0.15) is 44.1 Å². The Morgan fingerprint density at radius 2 is 2.40 bits per heavy atom. The van der Waals surface area contributed by atoms with E-state index in [1.807, 2.05) is 18.5 Å². The molecule has 0 aromatic carbocycles. The van der Waals surface area contributed by atoms with Gasteiger partial charge in [-0.15, -0.1) is 0 Å². The van der Waals surface area contributed by atoms with Gasteiger partial charge < -0.3 is 5.32 Å². The van der Waals surface area contributed by atoms with Gasteiger partial charge in [0.15, 0.2) is 0 Å². The Kier molecular flexibility index (Phi) is 3.73. The third kappa shape index (κ3) is 2.78. The van der Waals surface area contributed by atoms with Gasteiger partial charge in [0, 0.05) is 18.4 Å². The first-order chi connectivity index (χ1) is 7.40. The molecule has 2 atom stereocenters. The molecule has 0 bridgehead atoms. The van der Waals surface area contributed by atoms with E-state index in [2.05, 4.69) is 23.3 Å². The predicted molar refractivity (Wildman–Crippen MR) is 62.9 cm³/mol. The first-order valence-corrected chi connectivity index (χ1v) is 6.03. The lowest BCUT2D eigenvalue weighted by molar-refractivity contribution is 0.344. The average molecular weight is 204 g/mol. The van der Waals surface area contributed by atoms with Crippen molar-refractivity contribution in [1.29, 1.82) is 0 Å². The topological polar surface area (TPSA) is 24.9 Å². The van der Waals surface area contributed by atoms with Crippen LogP contribution in [0.2, 0.25) is 0 Å². The zero-order valence-corrected chi connectivity index (χ0v) is 9.45. The first-order valence-electron chi connectivity index (χ1n) is 6.03. The quantitative estimate of drug-likeness (QED) is 0.819. The fourth-order valence-electron chi connectivity index (χ4n) is 2.58. The smallest absolute Gasteiger partial charge is 0.0302 e. The van der Waals surface area contributed by atoms with E-state index in [4.69, 9.17) is 0 Å². The highest BCUT2D eigenvalue weighted by molar-refractivity contribution is 5.15. The minimum absolute atomic E-state index is 0.717. The van der Waals surface area contributed by atoms with Crippen molar-refractivity contribution in [2.45, 2.75) is 44.6 Å². The number of pyridine rings is 1. The summed E-state index contributed by atoms with van der Waals surface area (Å²) in [7, 11) is 0. The molecule has 0 amide bonds. The molecule has 1 saturated carbocycles. The molecule has 2 unspecified atom stereocenters. The van der Waals surface area contributed by atoms with Crippen LogP contribution in [0.3, 0.4) is 0 Å². The van der Waals surface area contributed by atoms with E-state index in [1.54, 1.807) is 0 Å². The standard InChI is InChI=1S/C13H20N2/c1-2-15-13-7-3-5-11(9-13)12-6-4-8-14-10-12/h4,6,8,10-11,13,15H,2-3,5,7,9H2,1H3. The third-order valence-electron chi connectivity index (χ3n) is 3.32. The fraction of sp³-hybridized carbons (Fsp3) is 0.615. The summed E-state index contributed by atoms with van der Waals surface area (Å²) < 4.78 is 0. The molecule has 1 aliphatic rings. The van der Waals surface area contributed by atoms with E-state index >= 15 is 0 Å². The fourth-order valence-corrected chi connectivity index (χ4v) is 2.58. The highest BCUT2D eigenvalue weighted by Gasteiger charge is 2.22. The summed E-state index contributed by atoms with van der Waals surface area (Å²) >= 11 is 0. The van der Waals surface area contributed by atoms with Gasteiger partial charge in [0.2, 0.25) is 0 Å². The molecule has 1 fully saturated rings. The van der Waals surface area contributed by atoms with Crippen LogP contribution in [0.25, 0.3) is 0 Å². The SMILES string of the molecule is CCNC1CCCC(c2cccnc2)C1. The molecule has 1 aromatic rings. The number of rotatable bonds is 3. The Bertz CT molecular complexity index is 282. The maximum atomic E-state index is 4.21. The van der Waals surface area contributed by atoms with Crippen molar-refractivity contribution in [2.24, 2.45) is 0 Å². The lowest BCUT2D eigenvalue weighted by Gasteiger charge is -2.29. The van der Waals surface area contributed by atoms with Gasteiger partial charge in [-0.25, -0.2) is 0 Å². The Labute approximate surface area is 92.1 Å². The van der Waals surface area contributed by atoms with Crippen LogP contribution in [0.5, 0.6) is 0 Å². The Hall–Kier alpha value is -0.890. The molecule has 15 heavy (non-hydrogen) atoms. The molecule has 1 heterocycles. The number of hydrogen-bond acceptors (Lipinski definition) is 2. The van der Waals surface area contributed by atoms with Gasteiger partial charge in [-0.1, -0.05) is 19.4 Å². The zero-order valence-electron chi connectivity index (χ0n) is 9.45. The molecule has 2 rings (SSSR count). The van der Waals surface area contributed by atoms with E-state index in [-0.39, 0.29) is 0 Å². The molecule has 0 spiro atoms. The van der Waals surface area contributed by atoms with E-state index in [1.165, 1.54) is 31.2 Å². The van der Waals surface area contributed by atoms with Gasteiger partial charge in [-0.2, -0.15) is 0 Å². The van der Waals surface area contributed by atoms with Crippen LogP contribution in [-0.4, -0.2) is 17.6 Å². The monoisotopic (exact) mass is 204 g/mol. The predicted octanol–water partition coefficient (Wildman–Crippen LogP) is 2.72. The lowest BCUT2D eigenvalue weighted by atomic mass is 9.82. The maximum absolute atomic E-state index is 4.21. The second kappa shape index (κ2) is 5.26. The van der Waals surface area contributed by atoms with Gasteiger partial charge >= 0.3 is 0 Å². The second-order valence-electron chi connectivity index (χ2n) is 4.40. The largest absolute Gasteiger partial charge is 0.314 e. The average Bonchev–Trinajstić information content (AvgIpc) is 2.31. The molecule has 0 aliphatic heterocycles. The van der Waals surface area contributed by atoms with Gasteiger partial charge in [-0.3, -0.25) is 4.98 Å². The number of hydrogen-bond donors (Lipinski definition) is 1. The van der Waals surface area contributed by atoms with Crippen molar-refractivity contribution in [1.82, 2.24) is 10.3 Å². The van der Waals surface area contributed by atoms with Gasteiger partial charge in [0.25, 0.3) is 0 Å². The molecule has 0 saturated heterocycles. The summed E-state index contributed by atoms with van der Waals surface area (Å²) in [5.74, 6) is 0.719. The highest BCUT2D eigenvalue weighted by Crippen LogP contribution is 2.32. The molecule has 82 valence electrons. The van der Waals surface area contributed by atoms with Crippen molar-refractivity contribution >= 4 is 0 Å². The summed E-state index contributed by atoms with van der Waals surface area (Å²) in [5, 5.41) is 3.56. The Morgan fingerprint density at radius 3 is 3.13 bits per heavy atom. The van der Waals surface area contributed by atoms with Gasteiger partial charge in [0.05, 0.1) is 0 Å². The van der Waals surface area contributed by atoms with Crippen molar-refractivity contribution < 1.29 is 0 Å². The van der Waals surface area contributed by atoms with E-state index in [0.717, 1.165) is 12.5 Å². The number of aromatic nitrogens is 1. The van der Waals surface area contributed by atoms with E-state index in [9.17, 15) is 0 Å². The van der Waals surface area contributed by atoms with Gasteiger partial charge in [0.1, 0.15) is 0 Å². The van der Waals surface area contributed by atoms with Crippen LogP contribution < -0.4 is 5.32 Å². The molecule has 2 nitrogen and oxygen atoms in total. The first kappa shape index (κ1) is 10.6. The van der Waals surface area contributed by atoms with Crippen LogP contribution in [0, 0.1) is 0 Å². The zero-order chi connectivity index (χ0) is 10.5. The van der Waals surface area contributed by atoms with Gasteiger partial charge in [-0.05, 0) is 43.4 Å². The van der Waals surface area contributed by atoms with Crippen molar-refractivity contribution in [2.75, 3.05) is 6.54 Å². The summed E-state index contributed by atoms with van der Waals surface area (Å²) in [6, 6.07) is 4.98.